The van der Waals surface area contributed by atoms with E-state index in [9.17, 15) is 28.1 Å². The van der Waals surface area contributed by atoms with Crippen LogP contribution in [0.4, 0.5) is 10.5 Å². The van der Waals surface area contributed by atoms with E-state index in [-0.39, 0.29) is 34.4 Å². The first-order valence-electron chi connectivity index (χ1n) is 10.6. The Labute approximate surface area is 220 Å². The number of nitrogens with zero attached hydrogens (tertiary/aromatic N) is 2. The highest BCUT2D eigenvalue weighted by molar-refractivity contribution is 8.18. The van der Waals surface area contributed by atoms with Crippen molar-refractivity contribution in [2.75, 3.05) is 13.2 Å². The predicted molar refractivity (Wildman–Crippen MR) is 137 cm³/mol. The Morgan fingerprint density at radius 1 is 1.00 bits per heavy atom. The summed E-state index contributed by atoms with van der Waals surface area (Å²) in [5.41, 5.74) is 0.147. The van der Waals surface area contributed by atoms with Gasteiger partial charge in [0.15, 0.2) is 0 Å². The van der Waals surface area contributed by atoms with E-state index in [2.05, 4.69) is 0 Å². The fraction of sp³-hybridized carbons (Fsp3) is 0.0833. The largest absolute Gasteiger partial charge is 0.492 e. The van der Waals surface area contributed by atoms with Crippen molar-refractivity contribution in [1.29, 1.82) is 0 Å². The zero-order valence-electron chi connectivity index (χ0n) is 18.8. The van der Waals surface area contributed by atoms with Gasteiger partial charge >= 0.3 is 10.1 Å². The number of carbonyl (C=O) groups excluding carboxylic acids is 2. The number of non-ortho nitro benzene ring substituents is 1. The van der Waals surface area contributed by atoms with Gasteiger partial charge in [0.1, 0.15) is 23.0 Å². The first-order valence-corrected chi connectivity index (χ1v) is 13.2. The van der Waals surface area contributed by atoms with Crippen molar-refractivity contribution in [2.45, 2.75) is 4.90 Å². The molecule has 0 atom stereocenters. The van der Waals surface area contributed by atoms with Crippen molar-refractivity contribution in [3.63, 3.8) is 0 Å². The lowest BCUT2D eigenvalue weighted by atomic mass is 10.2. The summed E-state index contributed by atoms with van der Waals surface area (Å²) >= 11 is 6.61. The normalized spacial score (nSPS) is 14.7. The van der Waals surface area contributed by atoms with Gasteiger partial charge in [-0.3, -0.25) is 24.6 Å². The SMILES string of the molecule is O=C1S/C(=C\c2ccc(OS(=O)(=O)c3cccc([N+](=O)[O-])c3)cc2)C(=O)N1CCOc1ccc(Cl)cc1. The molecular weight excluding hydrogens is 544 g/mol. The zero-order chi connectivity index (χ0) is 26.6. The van der Waals surface area contributed by atoms with Crippen LogP contribution in [-0.4, -0.2) is 42.5 Å². The highest BCUT2D eigenvalue weighted by Gasteiger charge is 2.34. The number of benzene rings is 3. The Morgan fingerprint density at radius 2 is 1.68 bits per heavy atom. The van der Waals surface area contributed by atoms with Crippen molar-refractivity contribution in [3.05, 3.63) is 98.4 Å². The number of thioether (sulfide) groups is 1. The Hall–Kier alpha value is -3.87. The number of rotatable bonds is 9. The average Bonchev–Trinajstić information content (AvgIpc) is 3.13. The maximum absolute atomic E-state index is 12.7. The summed E-state index contributed by atoms with van der Waals surface area (Å²) < 4.78 is 35.6. The maximum atomic E-state index is 12.7. The summed E-state index contributed by atoms with van der Waals surface area (Å²) in [4.78, 5) is 36.1. The minimum atomic E-state index is -4.31. The lowest BCUT2D eigenvalue weighted by molar-refractivity contribution is -0.385. The van der Waals surface area contributed by atoms with E-state index >= 15 is 0 Å². The van der Waals surface area contributed by atoms with Crippen molar-refractivity contribution in [3.8, 4) is 11.5 Å². The van der Waals surface area contributed by atoms with Crippen molar-refractivity contribution < 1.29 is 31.9 Å². The maximum Gasteiger partial charge on any atom is 0.339 e. The van der Waals surface area contributed by atoms with Crippen molar-refractivity contribution in [1.82, 2.24) is 4.90 Å². The number of nitro groups is 1. The second-order valence-corrected chi connectivity index (χ2v) is 10.5. The molecule has 2 amide bonds. The molecule has 1 fully saturated rings. The lowest BCUT2D eigenvalue weighted by Gasteiger charge is -2.13. The topological polar surface area (TPSA) is 133 Å². The van der Waals surface area contributed by atoms with Gasteiger partial charge in [0.05, 0.1) is 16.4 Å². The molecule has 0 aromatic heterocycles. The molecule has 3 aromatic carbocycles. The van der Waals surface area contributed by atoms with E-state index < -0.39 is 26.2 Å². The number of imide groups is 1. The van der Waals surface area contributed by atoms with E-state index in [0.29, 0.717) is 16.3 Å². The van der Waals surface area contributed by atoms with Crippen LogP contribution < -0.4 is 8.92 Å². The molecule has 10 nitrogen and oxygen atoms in total. The third-order valence-electron chi connectivity index (χ3n) is 4.97. The number of hydrogen-bond acceptors (Lipinski definition) is 9. The summed E-state index contributed by atoms with van der Waals surface area (Å²) in [6.07, 6.45) is 1.50. The van der Waals surface area contributed by atoms with Crippen LogP contribution in [0.5, 0.6) is 11.5 Å². The molecule has 0 bridgehead atoms. The minimum Gasteiger partial charge on any atom is -0.492 e. The standard InChI is InChI=1S/C24H17ClN2O8S2/c25-17-6-10-19(11-7-17)34-13-12-26-23(28)22(36-24(26)29)14-16-4-8-20(9-5-16)35-37(32,33)21-3-1-2-18(15-21)27(30)31/h1-11,14-15H,12-13H2/b22-14-. The molecule has 0 N–H and O–H groups in total. The zero-order valence-corrected chi connectivity index (χ0v) is 21.2. The smallest absolute Gasteiger partial charge is 0.339 e. The fourth-order valence-corrected chi connectivity index (χ4v) is 5.14. The van der Waals surface area contributed by atoms with Crippen LogP contribution in [-0.2, 0) is 14.9 Å². The molecule has 0 radical (unpaired) electrons. The molecule has 1 aliphatic rings. The van der Waals surface area contributed by atoms with E-state index in [0.717, 1.165) is 22.7 Å². The molecule has 1 saturated heterocycles. The van der Waals surface area contributed by atoms with E-state index in [1.807, 2.05) is 0 Å². The quantitative estimate of drug-likeness (QED) is 0.151. The molecular formula is C24H17ClN2O8S2. The van der Waals surface area contributed by atoms with Gasteiger partial charge in [-0.2, -0.15) is 8.42 Å². The molecule has 0 saturated carbocycles. The van der Waals surface area contributed by atoms with Gasteiger partial charge in [-0.25, -0.2) is 0 Å². The van der Waals surface area contributed by atoms with Crippen LogP contribution >= 0.6 is 23.4 Å². The monoisotopic (exact) mass is 560 g/mol. The van der Waals surface area contributed by atoms with Crippen LogP contribution in [0.3, 0.4) is 0 Å². The number of carbonyl (C=O) groups is 2. The summed E-state index contributed by atoms with van der Waals surface area (Å²) in [5.74, 6) is 0.0566. The molecule has 1 heterocycles. The van der Waals surface area contributed by atoms with Crippen molar-refractivity contribution >= 4 is 56.4 Å². The molecule has 190 valence electrons. The second-order valence-electron chi connectivity index (χ2n) is 7.50. The van der Waals surface area contributed by atoms with E-state index in [1.165, 1.54) is 48.5 Å². The van der Waals surface area contributed by atoms with Crippen LogP contribution in [0.2, 0.25) is 5.02 Å². The molecule has 4 rings (SSSR count). The first-order chi connectivity index (χ1) is 17.6. The minimum absolute atomic E-state index is 0.0314. The van der Waals surface area contributed by atoms with Crippen LogP contribution in [0, 0.1) is 10.1 Å². The summed E-state index contributed by atoms with van der Waals surface area (Å²) in [6, 6.07) is 16.9. The number of ether oxygens (including phenoxy) is 1. The highest BCUT2D eigenvalue weighted by Crippen LogP contribution is 2.32. The Balaban J connectivity index is 1.39. The molecule has 0 aliphatic carbocycles. The van der Waals surface area contributed by atoms with Gasteiger partial charge in [0, 0.05) is 17.2 Å². The number of nitro benzene ring substituents is 1. The summed E-state index contributed by atoms with van der Waals surface area (Å²) in [5, 5.41) is 11.0. The third kappa shape index (κ3) is 6.47. The van der Waals surface area contributed by atoms with Gasteiger partial charge < -0.3 is 8.92 Å². The highest BCUT2D eigenvalue weighted by atomic mass is 35.5. The molecule has 1 aliphatic heterocycles. The second kappa shape index (κ2) is 11.0. The predicted octanol–water partition coefficient (Wildman–Crippen LogP) is 5.13. The Bertz CT molecular complexity index is 1490. The van der Waals surface area contributed by atoms with Crippen molar-refractivity contribution in [2.24, 2.45) is 0 Å². The van der Waals surface area contributed by atoms with Gasteiger partial charge in [0.2, 0.25) is 0 Å². The molecule has 37 heavy (non-hydrogen) atoms. The van der Waals surface area contributed by atoms with E-state index in [4.69, 9.17) is 20.5 Å². The first kappa shape index (κ1) is 26.2. The number of halogens is 1. The van der Waals surface area contributed by atoms with Gasteiger partial charge in [0.25, 0.3) is 16.8 Å². The third-order valence-corrected chi connectivity index (χ3v) is 7.37. The van der Waals surface area contributed by atoms with Gasteiger partial charge in [-0.15, -0.1) is 0 Å². The molecule has 13 heteroatoms. The lowest BCUT2D eigenvalue weighted by Crippen LogP contribution is -2.32. The van der Waals surface area contributed by atoms with Gasteiger partial charge in [-0.1, -0.05) is 29.8 Å². The van der Waals surface area contributed by atoms with Gasteiger partial charge in [-0.05, 0) is 65.9 Å². The Morgan fingerprint density at radius 3 is 2.35 bits per heavy atom. The van der Waals surface area contributed by atoms with E-state index in [1.54, 1.807) is 24.3 Å². The molecule has 0 spiro atoms. The Kier molecular flexibility index (Phi) is 7.81. The summed E-state index contributed by atoms with van der Waals surface area (Å²) in [6.45, 7) is 0.172. The van der Waals surface area contributed by atoms with Crippen LogP contribution in [0.1, 0.15) is 5.56 Å². The summed E-state index contributed by atoms with van der Waals surface area (Å²) in [7, 11) is -4.31. The molecule has 3 aromatic rings. The number of amides is 2. The fourth-order valence-electron chi connectivity index (χ4n) is 3.18. The van der Waals surface area contributed by atoms with Crippen LogP contribution in [0.25, 0.3) is 6.08 Å². The average molecular weight is 561 g/mol. The molecule has 0 unspecified atom stereocenters. The van der Waals surface area contributed by atoms with Crippen LogP contribution in [0.15, 0.2) is 82.6 Å². The number of hydrogen-bond donors (Lipinski definition) is 0.